The molecule has 1 rings (SSSR count). The van der Waals surface area contributed by atoms with E-state index < -0.39 is 11.7 Å². The van der Waals surface area contributed by atoms with Crippen molar-refractivity contribution in [1.29, 1.82) is 0 Å². The molecule has 96 valence electrons. The molecular weight excluding hydrogens is 227 g/mol. The second-order valence-electron chi connectivity index (χ2n) is 4.24. The molecule has 0 aliphatic rings. The van der Waals surface area contributed by atoms with E-state index in [2.05, 4.69) is 0 Å². The van der Waals surface area contributed by atoms with Gasteiger partial charge in [0.15, 0.2) is 0 Å². The number of alkyl halides is 3. The summed E-state index contributed by atoms with van der Waals surface area (Å²) in [5.41, 5.74) is -0.189. The summed E-state index contributed by atoms with van der Waals surface area (Å²) < 4.78 is 38.5. The van der Waals surface area contributed by atoms with Crippen LogP contribution in [0.2, 0.25) is 0 Å². The number of hydrogen-bond acceptors (Lipinski definition) is 1. The van der Waals surface area contributed by atoms with Gasteiger partial charge in [0.2, 0.25) is 0 Å². The highest BCUT2D eigenvalue weighted by atomic mass is 19.4. The number of benzene rings is 1. The van der Waals surface area contributed by atoms with E-state index in [0.29, 0.717) is 5.56 Å². The Kier molecular flexibility index (Phi) is 4.57. The van der Waals surface area contributed by atoms with Crippen LogP contribution in [0.3, 0.4) is 0 Å². The Labute approximate surface area is 100 Å². The summed E-state index contributed by atoms with van der Waals surface area (Å²) in [4.78, 5) is 1.94. The summed E-state index contributed by atoms with van der Waals surface area (Å²) in [6, 6.07) is 5.55. The largest absolute Gasteiger partial charge is 0.416 e. The standard InChI is InChI=1S/C13H18F3N/c1-4-9-17(3)10(2)11-7-5-6-8-12(11)13(14,15)16/h5-8,10H,4,9H2,1-3H3. The number of hydrogen-bond donors (Lipinski definition) is 0. The van der Waals surface area contributed by atoms with E-state index in [-0.39, 0.29) is 6.04 Å². The van der Waals surface area contributed by atoms with E-state index in [1.54, 1.807) is 19.1 Å². The zero-order valence-corrected chi connectivity index (χ0v) is 10.4. The summed E-state index contributed by atoms with van der Waals surface area (Å²) in [6.07, 6.45) is -3.35. The van der Waals surface area contributed by atoms with Gasteiger partial charge in [-0.2, -0.15) is 13.2 Å². The van der Waals surface area contributed by atoms with Crippen molar-refractivity contribution in [3.63, 3.8) is 0 Å². The Morgan fingerprint density at radius 2 is 1.82 bits per heavy atom. The maximum atomic E-state index is 12.8. The first-order valence-corrected chi connectivity index (χ1v) is 5.74. The van der Waals surface area contributed by atoms with E-state index in [4.69, 9.17) is 0 Å². The molecule has 1 unspecified atom stereocenters. The Morgan fingerprint density at radius 3 is 2.35 bits per heavy atom. The average Bonchev–Trinajstić information content (AvgIpc) is 2.27. The van der Waals surface area contributed by atoms with Crippen LogP contribution in [0.25, 0.3) is 0 Å². The second-order valence-corrected chi connectivity index (χ2v) is 4.24. The second kappa shape index (κ2) is 5.54. The van der Waals surface area contributed by atoms with Gasteiger partial charge in [-0.1, -0.05) is 25.1 Å². The van der Waals surface area contributed by atoms with Gasteiger partial charge in [-0.05, 0) is 38.6 Å². The molecule has 4 heteroatoms. The highest BCUT2D eigenvalue weighted by Gasteiger charge is 2.34. The molecule has 0 bridgehead atoms. The molecule has 1 nitrogen and oxygen atoms in total. The molecule has 0 N–H and O–H groups in total. The van der Waals surface area contributed by atoms with Crippen LogP contribution >= 0.6 is 0 Å². The first kappa shape index (κ1) is 14.0. The van der Waals surface area contributed by atoms with E-state index in [9.17, 15) is 13.2 Å². The van der Waals surface area contributed by atoms with Gasteiger partial charge in [-0.3, -0.25) is 4.90 Å². The number of rotatable bonds is 4. The predicted octanol–water partition coefficient (Wildman–Crippen LogP) is 4.11. The van der Waals surface area contributed by atoms with Crippen LogP contribution in [-0.4, -0.2) is 18.5 Å². The first-order chi connectivity index (χ1) is 7.88. The lowest BCUT2D eigenvalue weighted by atomic mass is 10.00. The van der Waals surface area contributed by atoms with Crippen LogP contribution in [0.4, 0.5) is 13.2 Å². The molecule has 0 saturated heterocycles. The Balaban J connectivity index is 3.05. The summed E-state index contributed by atoms with van der Waals surface area (Å²) >= 11 is 0. The minimum Gasteiger partial charge on any atom is -0.300 e. The lowest BCUT2D eigenvalue weighted by molar-refractivity contribution is -0.138. The van der Waals surface area contributed by atoms with Crippen LogP contribution in [0.5, 0.6) is 0 Å². The summed E-state index contributed by atoms with van der Waals surface area (Å²) in [5.74, 6) is 0. The SMILES string of the molecule is CCCN(C)C(C)c1ccccc1C(F)(F)F. The summed E-state index contributed by atoms with van der Waals surface area (Å²) in [6.45, 7) is 4.60. The van der Waals surface area contributed by atoms with Crippen molar-refractivity contribution in [3.05, 3.63) is 35.4 Å². The molecule has 1 atom stereocenters. The fourth-order valence-corrected chi connectivity index (χ4v) is 1.90. The molecule has 1 aromatic carbocycles. The molecule has 1 aromatic rings. The number of nitrogens with zero attached hydrogens (tertiary/aromatic N) is 1. The maximum absolute atomic E-state index is 12.8. The van der Waals surface area contributed by atoms with Crippen molar-refractivity contribution in [2.75, 3.05) is 13.6 Å². The van der Waals surface area contributed by atoms with Gasteiger partial charge < -0.3 is 0 Å². The molecule has 0 saturated carbocycles. The van der Waals surface area contributed by atoms with E-state index in [1.165, 1.54) is 6.07 Å². The zero-order chi connectivity index (χ0) is 13.1. The molecule has 17 heavy (non-hydrogen) atoms. The molecule has 0 amide bonds. The molecule has 0 fully saturated rings. The normalized spacial score (nSPS) is 14.1. The van der Waals surface area contributed by atoms with Gasteiger partial charge in [0.1, 0.15) is 0 Å². The van der Waals surface area contributed by atoms with Gasteiger partial charge in [-0.15, -0.1) is 0 Å². The molecule has 0 heterocycles. The van der Waals surface area contributed by atoms with Crippen molar-refractivity contribution < 1.29 is 13.2 Å². The van der Waals surface area contributed by atoms with Gasteiger partial charge >= 0.3 is 6.18 Å². The molecule has 0 aromatic heterocycles. The minimum absolute atomic E-state index is 0.229. The van der Waals surface area contributed by atoms with E-state index in [0.717, 1.165) is 19.0 Å². The van der Waals surface area contributed by atoms with Crippen molar-refractivity contribution in [2.24, 2.45) is 0 Å². The summed E-state index contributed by atoms with van der Waals surface area (Å²) in [5, 5.41) is 0. The quantitative estimate of drug-likeness (QED) is 0.771. The van der Waals surface area contributed by atoms with E-state index in [1.807, 2.05) is 18.9 Å². The van der Waals surface area contributed by atoms with Crippen LogP contribution in [-0.2, 0) is 6.18 Å². The third kappa shape index (κ3) is 3.46. The highest BCUT2D eigenvalue weighted by Crippen LogP contribution is 2.35. The number of halogens is 3. The van der Waals surface area contributed by atoms with Gasteiger partial charge in [0.25, 0.3) is 0 Å². The van der Waals surface area contributed by atoms with Crippen molar-refractivity contribution in [2.45, 2.75) is 32.5 Å². The first-order valence-electron chi connectivity index (χ1n) is 5.74. The monoisotopic (exact) mass is 245 g/mol. The Hall–Kier alpha value is -1.03. The molecule has 0 spiro atoms. The third-order valence-corrected chi connectivity index (χ3v) is 2.95. The average molecular weight is 245 g/mol. The van der Waals surface area contributed by atoms with E-state index >= 15 is 0 Å². The fraction of sp³-hybridized carbons (Fsp3) is 0.538. The highest BCUT2D eigenvalue weighted by molar-refractivity contribution is 5.32. The van der Waals surface area contributed by atoms with Crippen LogP contribution in [0.1, 0.15) is 37.4 Å². The third-order valence-electron chi connectivity index (χ3n) is 2.95. The predicted molar refractivity (Wildman–Crippen MR) is 62.8 cm³/mol. The van der Waals surface area contributed by atoms with Gasteiger partial charge in [-0.25, -0.2) is 0 Å². The topological polar surface area (TPSA) is 3.24 Å². The van der Waals surface area contributed by atoms with Crippen LogP contribution < -0.4 is 0 Å². The lowest BCUT2D eigenvalue weighted by Crippen LogP contribution is -2.25. The fourth-order valence-electron chi connectivity index (χ4n) is 1.90. The summed E-state index contributed by atoms with van der Waals surface area (Å²) in [7, 11) is 1.85. The molecule has 0 aliphatic heterocycles. The Bertz CT molecular complexity index is 360. The van der Waals surface area contributed by atoms with Gasteiger partial charge in [0.05, 0.1) is 5.56 Å². The zero-order valence-electron chi connectivity index (χ0n) is 10.4. The van der Waals surface area contributed by atoms with Crippen LogP contribution in [0, 0.1) is 0 Å². The maximum Gasteiger partial charge on any atom is 0.416 e. The lowest BCUT2D eigenvalue weighted by Gasteiger charge is -2.27. The Morgan fingerprint density at radius 1 is 1.24 bits per heavy atom. The van der Waals surface area contributed by atoms with Crippen molar-refractivity contribution in [1.82, 2.24) is 4.90 Å². The van der Waals surface area contributed by atoms with Crippen molar-refractivity contribution >= 4 is 0 Å². The van der Waals surface area contributed by atoms with Crippen molar-refractivity contribution in [3.8, 4) is 0 Å². The van der Waals surface area contributed by atoms with Gasteiger partial charge in [0, 0.05) is 6.04 Å². The molecular formula is C13H18F3N. The smallest absolute Gasteiger partial charge is 0.300 e. The van der Waals surface area contributed by atoms with Crippen LogP contribution in [0.15, 0.2) is 24.3 Å². The minimum atomic E-state index is -4.28. The molecule has 0 radical (unpaired) electrons. The molecule has 0 aliphatic carbocycles.